The highest BCUT2D eigenvalue weighted by Gasteiger charge is 2.36. The molecule has 0 saturated carbocycles. The van der Waals surface area contributed by atoms with Crippen molar-refractivity contribution in [2.45, 2.75) is 24.9 Å². The van der Waals surface area contributed by atoms with Crippen molar-refractivity contribution in [1.29, 1.82) is 0 Å². The summed E-state index contributed by atoms with van der Waals surface area (Å²) < 4.78 is 33.9. The SMILES string of the molecule is FC1(F)C/C=C2\CNCCC2Oc2ccccc21. The first kappa shape index (κ1) is 11.7. The van der Waals surface area contributed by atoms with Gasteiger partial charge in [-0.2, -0.15) is 0 Å². The second-order valence-electron chi connectivity index (χ2n) is 4.76. The Kier molecular flexibility index (Phi) is 2.82. The van der Waals surface area contributed by atoms with E-state index >= 15 is 0 Å². The standard InChI is InChI=1S/C14H15F2NO/c15-14(16)7-5-10-9-17-8-6-12(10)18-13-4-2-1-3-11(13)14/h1-5,12,17H,6-9H2/b10-5+. The first-order valence-corrected chi connectivity index (χ1v) is 6.20. The minimum atomic E-state index is -2.86. The molecule has 3 rings (SSSR count). The number of hydrogen-bond donors (Lipinski definition) is 1. The van der Waals surface area contributed by atoms with Gasteiger partial charge < -0.3 is 10.1 Å². The minimum Gasteiger partial charge on any atom is -0.485 e. The van der Waals surface area contributed by atoms with Crippen molar-refractivity contribution in [3.05, 3.63) is 41.5 Å². The summed E-state index contributed by atoms with van der Waals surface area (Å²) in [5.41, 5.74) is 0.939. The number of piperidine rings is 1. The van der Waals surface area contributed by atoms with Gasteiger partial charge in [-0.1, -0.05) is 18.2 Å². The first-order chi connectivity index (χ1) is 8.67. The molecule has 1 saturated heterocycles. The summed E-state index contributed by atoms with van der Waals surface area (Å²) in [5, 5.41) is 3.19. The van der Waals surface area contributed by atoms with E-state index in [2.05, 4.69) is 5.32 Å². The van der Waals surface area contributed by atoms with E-state index in [0.717, 1.165) is 18.5 Å². The van der Waals surface area contributed by atoms with Crippen LogP contribution in [0.25, 0.3) is 0 Å². The summed E-state index contributed by atoms with van der Waals surface area (Å²) in [6.45, 7) is 1.50. The van der Waals surface area contributed by atoms with E-state index in [1.54, 1.807) is 24.3 Å². The summed E-state index contributed by atoms with van der Waals surface area (Å²) >= 11 is 0. The molecule has 0 aromatic heterocycles. The lowest BCUT2D eigenvalue weighted by Crippen LogP contribution is -2.38. The number of hydrogen-bond acceptors (Lipinski definition) is 2. The van der Waals surface area contributed by atoms with Gasteiger partial charge in [0.25, 0.3) is 5.92 Å². The monoisotopic (exact) mass is 251 g/mol. The summed E-state index contributed by atoms with van der Waals surface area (Å²) in [5.74, 6) is -2.54. The number of rotatable bonds is 0. The van der Waals surface area contributed by atoms with Gasteiger partial charge in [0.15, 0.2) is 0 Å². The maximum absolute atomic E-state index is 14.1. The Bertz CT molecular complexity index is 484. The van der Waals surface area contributed by atoms with Crippen LogP contribution in [-0.4, -0.2) is 19.2 Å². The van der Waals surface area contributed by atoms with Crippen molar-refractivity contribution in [3.63, 3.8) is 0 Å². The third kappa shape index (κ3) is 2.01. The Labute approximate surface area is 105 Å². The predicted molar refractivity (Wildman–Crippen MR) is 64.9 cm³/mol. The zero-order valence-electron chi connectivity index (χ0n) is 9.96. The molecule has 1 atom stereocenters. The molecule has 0 aliphatic carbocycles. The largest absolute Gasteiger partial charge is 0.485 e. The van der Waals surface area contributed by atoms with Gasteiger partial charge in [0.1, 0.15) is 11.9 Å². The minimum absolute atomic E-state index is 0.00108. The first-order valence-electron chi connectivity index (χ1n) is 6.20. The third-order valence-corrected chi connectivity index (χ3v) is 3.50. The maximum atomic E-state index is 14.1. The maximum Gasteiger partial charge on any atom is 0.280 e. The lowest BCUT2D eigenvalue weighted by Gasteiger charge is -2.31. The van der Waals surface area contributed by atoms with Gasteiger partial charge in [-0.05, 0) is 24.3 Å². The van der Waals surface area contributed by atoms with Crippen molar-refractivity contribution >= 4 is 0 Å². The van der Waals surface area contributed by atoms with Crippen molar-refractivity contribution in [2.75, 3.05) is 13.1 Å². The molecule has 1 aromatic carbocycles. The molecule has 1 fully saturated rings. The topological polar surface area (TPSA) is 21.3 Å². The van der Waals surface area contributed by atoms with Gasteiger partial charge in [-0.15, -0.1) is 0 Å². The van der Waals surface area contributed by atoms with Gasteiger partial charge >= 0.3 is 0 Å². The van der Waals surface area contributed by atoms with Crippen LogP contribution < -0.4 is 10.1 Å². The highest BCUT2D eigenvalue weighted by atomic mass is 19.3. The normalized spacial score (nSPS) is 28.8. The molecule has 1 aromatic rings. The summed E-state index contributed by atoms with van der Waals surface area (Å²) in [6, 6.07) is 6.45. The zero-order chi connectivity index (χ0) is 12.6. The Balaban J connectivity index is 2.02. The molecule has 18 heavy (non-hydrogen) atoms. The fraction of sp³-hybridized carbons (Fsp3) is 0.429. The van der Waals surface area contributed by atoms with Gasteiger partial charge in [-0.3, -0.25) is 0 Å². The van der Waals surface area contributed by atoms with Gasteiger partial charge in [-0.25, -0.2) is 8.78 Å². The van der Waals surface area contributed by atoms with Gasteiger partial charge in [0.2, 0.25) is 0 Å². The molecular formula is C14H15F2NO. The molecule has 2 nitrogen and oxygen atoms in total. The van der Waals surface area contributed by atoms with Crippen LogP contribution >= 0.6 is 0 Å². The number of para-hydroxylation sites is 1. The van der Waals surface area contributed by atoms with Crippen LogP contribution in [0.5, 0.6) is 5.75 Å². The fourth-order valence-electron chi connectivity index (χ4n) is 2.50. The van der Waals surface area contributed by atoms with Crippen molar-refractivity contribution in [1.82, 2.24) is 5.32 Å². The Morgan fingerprint density at radius 1 is 1.28 bits per heavy atom. The molecule has 0 radical (unpaired) electrons. The van der Waals surface area contributed by atoms with Crippen LogP contribution in [0.4, 0.5) is 8.78 Å². The van der Waals surface area contributed by atoms with E-state index < -0.39 is 5.92 Å². The number of halogens is 2. The lowest BCUT2D eigenvalue weighted by molar-refractivity contribution is -0.00730. The molecule has 0 amide bonds. The average Bonchev–Trinajstić information content (AvgIpc) is 2.37. The average molecular weight is 251 g/mol. The number of allylic oxidation sites excluding steroid dienone is 1. The number of ether oxygens (including phenoxy) is 1. The van der Waals surface area contributed by atoms with E-state index in [1.807, 2.05) is 0 Å². The number of benzene rings is 1. The van der Waals surface area contributed by atoms with Crippen LogP contribution in [0.2, 0.25) is 0 Å². The second-order valence-corrected chi connectivity index (χ2v) is 4.76. The van der Waals surface area contributed by atoms with E-state index in [4.69, 9.17) is 4.74 Å². The number of nitrogens with one attached hydrogen (secondary N) is 1. The smallest absolute Gasteiger partial charge is 0.280 e. The number of alkyl halides is 2. The van der Waals surface area contributed by atoms with Crippen molar-refractivity contribution in [2.24, 2.45) is 0 Å². The molecule has 2 aliphatic heterocycles. The fourth-order valence-corrected chi connectivity index (χ4v) is 2.50. The van der Waals surface area contributed by atoms with E-state index in [-0.39, 0.29) is 18.1 Å². The quantitative estimate of drug-likeness (QED) is 0.716. The molecular weight excluding hydrogens is 236 g/mol. The van der Waals surface area contributed by atoms with E-state index in [9.17, 15) is 8.78 Å². The van der Waals surface area contributed by atoms with Crippen molar-refractivity contribution in [3.8, 4) is 5.75 Å². The molecule has 4 heteroatoms. The summed E-state index contributed by atoms with van der Waals surface area (Å²) in [6.07, 6.45) is 2.14. The summed E-state index contributed by atoms with van der Waals surface area (Å²) in [7, 11) is 0. The van der Waals surface area contributed by atoms with Gasteiger partial charge in [0, 0.05) is 19.4 Å². The molecule has 2 aliphatic rings. The second kappa shape index (κ2) is 4.35. The zero-order valence-corrected chi connectivity index (χ0v) is 9.96. The van der Waals surface area contributed by atoms with Crippen LogP contribution in [0.15, 0.2) is 35.9 Å². The third-order valence-electron chi connectivity index (χ3n) is 3.50. The van der Waals surface area contributed by atoms with Crippen LogP contribution in [0.1, 0.15) is 18.4 Å². The van der Waals surface area contributed by atoms with Crippen LogP contribution in [-0.2, 0) is 5.92 Å². The number of fused-ring (bicyclic) bond motifs is 2. The van der Waals surface area contributed by atoms with Gasteiger partial charge in [0.05, 0.1) is 5.56 Å². The molecule has 0 spiro atoms. The lowest BCUT2D eigenvalue weighted by atomic mass is 9.95. The molecule has 96 valence electrons. The predicted octanol–water partition coefficient (Wildman–Crippen LogP) is 2.85. The molecule has 2 heterocycles. The molecule has 0 bridgehead atoms. The Hall–Kier alpha value is -1.42. The molecule has 1 N–H and O–H groups in total. The van der Waals surface area contributed by atoms with E-state index in [0.29, 0.717) is 12.3 Å². The Morgan fingerprint density at radius 2 is 2.11 bits per heavy atom. The highest BCUT2D eigenvalue weighted by Crippen LogP contribution is 2.41. The van der Waals surface area contributed by atoms with Crippen LogP contribution in [0.3, 0.4) is 0 Å². The highest BCUT2D eigenvalue weighted by molar-refractivity contribution is 5.39. The van der Waals surface area contributed by atoms with E-state index in [1.165, 1.54) is 6.07 Å². The molecule has 1 unspecified atom stereocenters. The Morgan fingerprint density at radius 3 is 3.00 bits per heavy atom. The summed E-state index contributed by atoms with van der Waals surface area (Å²) in [4.78, 5) is 0. The van der Waals surface area contributed by atoms with Crippen LogP contribution in [0, 0.1) is 0 Å². The van der Waals surface area contributed by atoms with Crippen molar-refractivity contribution < 1.29 is 13.5 Å².